The van der Waals surface area contributed by atoms with Crippen LogP contribution in [-0.4, -0.2) is 17.0 Å². The second-order valence-electron chi connectivity index (χ2n) is 4.43. The molecule has 1 fully saturated rings. The summed E-state index contributed by atoms with van der Waals surface area (Å²) in [5.41, 5.74) is 1.44. The topological polar surface area (TPSA) is 3.24 Å². The molecular formula is C13H19N. The summed E-state index contributed by atoms with van der Waals surface area (Å²) in [7, 11) is 0. The maximum Gasteiger partial charge on any atom is 0.0239 e. The minimum atomic E-state index is 0.755. The Balaban J connectivity index is 2.04. The van der Waals surface area contributed by atoms with E-state index in [1.54, 1.807) is 0 Å². The lowest BCUT2D eigenvalue weighted by Gasteiger charge is -2.25. The first kappa shape index (κ1) is 9.72. The van der Waals surface area contributed by atoms with Gasteiger partial charge in [0.1, 0.15) is 0 Å². The molecule has 1 heterocycles. The molecule has 0 radical (unpaired) electrons. The summed E-state index contributed by atoms with van der Waals surface area (Å²) in [6, 6.07) is 12.3. The Hall–Kier alpha value is -0.820. The van der Waals surface area contributed by atoms with Gasteiger partial charge in [0.15, 0.2) is 0 Å². The first-order valence-electron chi connectivity index (χ1n) is 5.57. The Morgan fingerprint density at radius 1 is 1.07 bits per heavy atom. The molecule has 1 aromatic rings. The molecule has 76 valence electrons. The van der Waals surface area contributed by atoms with Crippen molar-refractivity contribution in [3.8, 4) is 0 Å². The van der Waals surface area contributed by atoms with Gasteiger partial charge in [-0.3, -0.25) is 4.90 Å². The molecule has 1 aliphatic heterocycles. The van der Waals surface area contributed by atoms with Gasteiger partial charge >= 0.3 is 0 Å². The van der Waals surface area contributed by atoms with Crippen molar-refractivity contribution in [2.75, 3.05) is 0 Å². The largest absolute Gasteiger partial charge is 0.294 e. The van der Waals surface area contributed by atoms with Gasteiger partial charge in [0.05, 0.1) is 0 Å². The van der Waals surface area contributed by atoms with Crippen molar-refractivity contribution in [1.82, 2.24) is 4.90 Å². The Labute approximate surface area is 86.7 Å². The first-order valence-corrected chi connectivity index (χ1v) is 5.57. The lowest BCUT2D eigenvalue weighted by Crippen LogP contribution is -2.31. The average Bonchev–Trinajstić information content (AvgIpc) is 2.51. The van der Waals surface area contributed by atoms with E-state index in [1.165, 1.54) is 18.4 Å². The zero-order valence-electron chi connectivity index (χ0n) is 9.11. The summed E-state index contributed by atoms with van der Waals surface area (Å²) in [6.45, 7) is 5.79. The predicted octanol–water partition coefficient (Wildman–Crippen LogP) is 3.06. The molecule has 0 N–H and O–H groups in total. The lowest BCUT2D eigenvalue weighted by atomic mass is 10.2. The second kappa shape index (κ2) is 4.14. The maximum absolute atomic E-state index is 2.61. The number of hydrogen-bond acceptors (Lipinski definition) is 1. The highest BCUT2D eigenvalue weighted by Crippen LogP contribution is 2.25. The maximum atomic E-state index is 2.61. The molecule has 1 aliphatic rings. The van der Waals surface area contributed by atoms with E-state index in [1.807, 2.05) is 0 Å². The highest BCUT2D eigenvalue weighted by atomic mass is 15.2. The van der Waals surface area contributed by atoms with Crippen molar-refractivity contribution >= 4 is 0 Å². The summed E-state index contributed by atoms with van der Waals surface area (Å²) in [5, 5.41) is 0. The summed E-state index contributed by atoms with van der Waals surface area (Å²) < 4.78 is 0. The normalized spacial score (nSPS) is 28.1. The van der Waals surface area contributed by atoms with Gasteiger partial charge in [0.2, 0.25) is 0 Å². The first-order chi connectivity index (χ1) is 6.77. The van der Waals surface area contributed by atoms with E-state index >= 15 is 0 Å². The number of hydrogen-bond donors (Lipinski definition) is 0. The standard InChI is InChI=1S/C13H19N/c1-11-8-9-12(2)14(11)10-13-6-4-3-5-7-13/h3-7,11-12H,8-10H2,1-2H3/t11-,12-/m0/s1. The van der Waals surface area contributed by atoms with E-state index < -0.39 is 0 Å². The summed E-state index contributed by atoms with van der Waals surface area (Å²) in [6.07, 6.45) is 2.71. The van der Waals surface area contributed by atoms with Gasteiger partial charge in [-0.05, 0) is 32.3 Å². The monoisotopic (exact) mass is 189 g/mol. The van der Waals surface area contributed by atoms with Crippen molar-refractivity contribution in [2.24, 2.45) is 0 Å². The number of likely N-dealkylation sites (tertiary alicyclic amines) is 1. The Morgan fingerprint density at radius 3 is 2.21 bits per heavy atom. The van der Waals surface area contributed by atoms with Crippen LogP contribution in [0.15, 0.2) is 30.3 Å². The number of benzene rings is 1. The third-order valence-corrected chi connectivity index (χ3v) is 3.34. The third kappa shape index (κ3) is 1.98. The quantitative estimate of drug-likeness (QED) is 0.691. The van der Waals surface area contributed by atoms with E-state index in [-0.39, 0.29) is 0 Å². The molecule has 0 spiro atoms. The zero-order chi connectivity index (χ0) is 9.97. The molecule has 0 saturated carbocycles. The minimum Gasteiger partial charge on any atom is -0.294 e. The van der Waals surface area contributed by atoms with Crippen molar-refractivity contribution in [3.63, 3.8) is 0 Å². The second-order valence-corrected chi connectivity index (χ2v) is 4.43. The fraction of sp³-hybridized carbons (Fsp3) is 0.538. The zero-order valence-corrected chi connectivity index (χ0v) is 9.11. The Bertz CT molecular complexity index is 271. The Kier molecular flexibility index (Phi) is 2.87. The molecule has 14 heavy (non-hydrogen) atoms. The van der Waals surface area contributed by atoms with E-state index in [0.29, 0.717) is 0 Å². The molecule has 0 amide bonds. The van der Waals surface area contributed by atoms with Crippen LogP contribution in [-0.2, 0) is 6.54 Å². The molecule has 2 rings (SSSR count). The van der Waals surface area contributed by atoms with Gasteiger partial charge < -0.3 is 0 Å². The molecule has 1 nitrogen and oxygen atoms in total. The van der Waals surface area contributed by atoms with E-state index in [2.05, 4.69) is 49.1 Å². The molecule has 0 aliphatic carbocycles. The van der Waals surface area contributed by atoms with Crippen LogP contribution in [0.1, 0.15) is 32.3 Å². The van der Waals surface area contributed by atoms with Crippen LogP contribution in [0.3, 0.4) is 0 Å². The van der Waals surface area contributed by atoms with Gasteiger partial charge in [-0.2, -0.15) is 0 Å². The van der Waals surface area contributed by atoms with Gasteiger partial charge in [0.25, 0.3) is 0 Å². The average molecular weight is 189 g/mol. The van der Waals surface area contributed by atoms with Crippen LogP contribution in [0.4, 0.5) is 0 Å². The SMILES string of the molecule is C[C@H]1CC[C@H](C)N1Cc1ccccc1. The van der Waals surface area contributed by atoms with Gasteiger partial charge in [-0.25, -0.2) is 0 Å². The molecule has 0 unspecified atom stereocenters. The van der Waals surface area contributed by atoms with E-state index in [4.69, 9.17) is 0 Å². The molecular weight excluding hydrogens is 170 g/mol. The van der Waals surface area contributed by atoms with Crippen LogP contribution in [0, 0.1) is 0 Å². The van der Waals surface area contributed by atoms with E-state index in [9.17, 15) is 0 Å². The van der Waals surface area contributed by atoms with Crippen LogP contribution >= 0.6 is 0 Å². The molecule has 2 atom stereocenters. The minimum absolute atomic E-state index is 0.755. The molecule has 1 saturated heterocycles. The Morgan fingerprint density at radius 2 is 1.64 bits per heavy atom. The summed E-state index contributed by atoms with van der Waals surface area (Å²) in [4.78, 5) is 2.61. The summed E-state index contributed by atoms with van der Waals surface area (Å²) in [5.74, 6) is 0. The highest BCUT2D eigenvalue weighted by Gasteiger charge is 2.26. The molecule has 1 heteroatoms. The van der Waals surface area contributed by atoms with Crippen LogP contribution in [0.25, 0.3) is 0 Å². The molecule has 0 bridgehead atoms. The predicted molar refractivity (Wildman–Crippen MR) is 60.1 cm³/mol. The van der Waals surface area contributed by atoms with Gasteiger partial charge in [-0.1, -0.05) is 30.3 Å². The highest BCUT2D eigenvalue weighted by molar-refractivity contribution is 5.15. The third-order valence-electron chi connectivity index (χ3n) is 3.34. The van der Waals surface area contributed by atoms with Gasteiger partial charge in [0, 0.05) is 18.6 Å². The molecule has 0 aromatic heterocycles. The fourth-order valence-corrected chi connectivity index (χ4v) is 2.35. The summed E-state index contributed by atoms with van der Waals surface area (Å²) >= 11 is 0. The van der Waals surface area contributed by atoms with Crippen molar-refractivity contribution < 1.29 is 0 Å². The smallest absolute Gasteiger partial charge is 0.0239 e. The van der Waals surface area contributed by atoms with Crippen LogP contribution in [0.2, 0.25) is 0 Å². The van der Waals surface area contributed by atoms with Crippen molar-refractivity contribution in [1.29, 1.82) is 0 Å². The van der Waals surface area contributed by atoms with Crippen molar-refractivity contribution in [3.05, 3.63) is 35.9 Å². The lowest BCUT2D eigenvalue weighted by molar-refractivity contribution is 0.205. The van der Waals surface area contributed by atoms with E-state index in [0.717, 1.165) is 18.6 Å². The number of nitrogens with zero attached hydrogens (tertiary/aromatic N) is 1. The van der Waals surface area contributed by atoms with Gasteiger partial charge in [-0.15, -0.1) is 0 Å². The number of rotatable bonds is 2. The van der Waals surface area contributed by atoms with Crippen molar-refractivity contribution in [2.45, 2.75) is 45.3 Å². The fourth-order valence-electron chi connectivity index (χ4n) is 2.35. The van der Waals surface area contributed by atoms with Crippen LogP contribution in [0.5, 0.6) is 0 Å². The van der Waals surface area contributed by atoms with Crippen LogP contribution < -0.4 is 0 Å². The molecule has 1 aromatic carbocycles.